The van der Waals surface area contributed by atoms with Gasteiger partial charge in [0.25, 0.3) is 0 Å². The average molecular weight is 416 g/mol. The first-order chi connectivity index (χ1) is 14.2. The molecule has 30 heavy (non-hydrogen) atoms. The molecule has 2 N–H and O–H groups in total. The summed E-state index contributed by atoms with van der Waals surface area (Å²) in [5.74, 6) is 2.84. The van der Waals surface area contributed by atoms with Gasteiger partial charge in [-0.25, -0.2) is 4.79 Å². The summed E-state index contributed by atoms with van der Waals surface area (Å²) in [6.45, 7) is 5.45. The van der Waals surface area contributed by atoms with Crippen LogP contribution in [-0.4, -0.2) is 36.2 Å². The molecule has 0 radical (unpaired) electrons. The van der Waals surface area contributed by atoms with E-state index in [-0.39, 0.29) is 12.0 Å². The van der Waals surface area contributed by atoms with Gasteiger partial charge in [0, 0.05) is 11.8 Å². The topological polar surface area (TPSA) is 84.9 Å². The summed E-state index contributed by atoms with van der Waals surface area (Å²) < 4.78 is 11.1. The van der Waals surface area contributed by atoms with Gasteiger partial charge >= 0.3 is 6.09 Å². The van der Waals surface area contributed by atoms with E-state index in [0.29, 0.717) is 35.0 Å². The van der Waals surface area contributed by atoms with Crippen LogP contribution in [0.3, 0.4) is 0 Å². The van der Waals surface area contributed by atoms with Gasteiger partial charge in [-0.05, 0) is 87.0 Å². The van der Waals surface area contributed by atoms with Gasteiger partial charge < -0.3 is 19.9 Å². The van der Waals surface area contributed by atoms with Crippen molar-refractivity contribution in [2.75, 3.05) is 13.7 Å². The van der Waals surface area contributed by atoms with E-state index in [4.69, 9.17) is 9.47 Å². The summed E-state index contributed by atoms with van der Waals surface area (Å²) in [6, 6.07) is 3.97. The number of aliphatic hydroxyl groups is 1. The molecule has 4 rings (SSSR count). The molecule has 0 spiro atoms. The summed E-state index contributed by atoms with van der Waals surface area (Å²) in [7, 11) is 1.58. The number of fused-ring (bicyclic) bond motifs is 5. The van der Waals surface area contributed by atoms with Crippen molar-refractivity contribution in [2.45, 2.75) is 70.8 Å². The highest BCUT2D eigenvalue weighted by Gasteiger charge is 2.54. The normalized spacial score (nSPS) is 30.2. The van der Waals surface area contributed by atoms with Gasteiger partial charge in [-0.1, -0.05) is 6.92 Å². The van der Waals surface area contributed by atoms with Crippen LogP contribution in [0, 0.1) is 17.3 Å². The number of carbonyl (C=O) groups is 2. The van der Waals surface area contributed by atoms with Crippen molar-refractivity contribution >= 4 is 11.9 Å². The lowest BCUT2D eigenvalue weighted by Gasteiger charge is -2.48. The van der Waals surface area contributed by atoms with E-state index in [1.165, 1.54) is 11.1 Å². The maximum absolute atomic E-state index is 12.5. The monoisotopic (exact) mass is 415 g/mol. The van der Waals surface area contributed by atoms with Crippen LogP contribution >= 0.6 is 0 Å². The summed E-state index contributed by atoms with van der Waals surface area (Å²) >= 11 is 0. The fourth-order valence-electron chi connectivity index (χ4n) is 6.03. The minimum Gasteiger partial charge on any atom is -0.493 e. The maximum Gasteiger partial charge on any atom is 0.413 e. The molecule has 6 nitrogen and oxygen atoms in total. The highest BCUT2D eigenvalue weighted by molar-refractivity contribution is 5.87. The van der Waals surface area contributed by atoms with Crippen LogP contribution < -0.4 is 14.8 Å². The number of nitrogens with one attached hydrogen (secondary N) is 1. The van der Waals surface area contributed by atoms with Crippen LogP contribution in [0.1, 0.15) is 69.9 Å². The van der Waals surface area contributed by atoms with Gasteiger partial charge in [0.05, 0.1) is 19.3 Å². The first kappa shape index (κ1) is 21.2. The number of benzene rings is 1. The van der Waals surface area contributed by atoms with E-state index in [2.05, 4.69) is 12.2 Å². The molecule has 2 saturated carbocycles. The summed E-state index contributed by atoms with van der Waals surface area (Å²) in [6.07, 6.45) is 5.10. The first-order valence-corrected chi connectivity index (χ1v) is 11.0. The Morgan fingerprint density at radius 3 is 2.70 bits per heavy atom. The smallest absolute Gasteiger partial charge is 0.413 e. The lowest BCUT2D eigenvalue weighted by molar-refractivity contribution is -0.129. The van der Waals surface area contributed by atoms with Crippen molar-refractivity contribution in [1.29, 1.82) is 0 Å². The van der Waals surface area contributed by atoms with Crippen molar-refractivity contribution in [2.24, 2.45) is 17.3 Å². The van der Waals surface area contributed by atoms with Gasteiger partial charge in [0.1, 0.15) is 5.78 Å². The van der Waals surface area contributed by atoms with Gasteiger partial charge in [-0.15, -0.1) is 0 Å². The number of aliphatic hydroxyl groups excluding tert-OH is 1. The van der Waals surface area contributed by atoms with Crippen LogP contribution in [0.5, 0.6) is 11.5 Å². The zero-order valence-electron chi connectivity index (χ0n) is 18.4. The highest BCUT2D eigenvalue weighted by Crippen LogP contribution is 2.60. The van der Waals surface area contributed by atoms with Crippen molar-refractivity contribution in [1.82, 2.24) is 5.32 Å². The largest absolute Gasteiger partial charge is 0.493 e. The molecule has 0 aromatic heterocycles. The molecule has 1 amide bonds. The summed E-state index contributed by atoms with van der Waals surface area (Å²) in [5, 5.41) is 12.0. The van der Waals surface area contributed by atoms with E-state index in [0.717, 1.165) is 38.5 Å². The Kier molecular flexibility index (Phi) is 5.33. The Morgan fingerprint density at radius 1 is 1.23 bits per heavy atom. The van der Waals surface area contributed by atoms with Crippen LogP contribution in [0.15, 0.2) is 12.1 Å². The van der Waals surface area contributed by atoms with Gasteiger partial charge in [0.2, 0.25) is 0 Å². The van der Waals surface area contributed by atoms with Gasteiger partial charge in [0.15, 0.2) is 11.5 Å². The quantitative estimate of drug-likeness (QED) is 0.777. The number of rotatable bonds is 4. The third-order valence-corrected chi connectivity index (χ3v) is 7.76. The third kappa shape index (κ3) is 3.49. The maximum atomic E-state index is 12.5. The van der Waals surface area contributed by atoms with Crippen molar-refractivity contribution in [3.63, 3.8) is 0 Å². The van der Waals surface area contributed by atoms with Gasteiger partial charge in [-0.2, -0.15) is 0 Å². The number of carbonyl (C=O) groups excluding carboxylic acids is 2. The second-order valence-electron chi connectivity index (χ2n) is 10.1. The molecule has 3 aliphatic rings. The molecule has 0 bridgehead atoms. The molecule has 0 heterocycles. The molecule has 164 valence electrons. The fourth-order valence-corrected chi connectivity index (χ4v) is 6.03. The second-order valence-corrected chi connectivity index (χ2v) is 10.1. The van der Waals surface area contributed by atoms with Crippen LogP contribution in [0.2, 0.25) is 0 Å². The van der Waals surface area contributed by atoms with Crippen LogP contribution in [-0.2, 0) is 11.2 Å². The fraction of sp³-hybridized carbons (Fsp3) is 0.667. The number of ketones is 1. The van der Waals surface area contributed by atoms with E-state index in [1.807, 2.05) is 12.1 Å². The molecular weight excluding hydrogens is 382 g/mol. The molecule has 4 unspecified atom stereocenters. The molecule has 4 atom stereocenters. The number of methoxy groups -OCH3 is 1. The van der Waals surface area contributed by atoms with Crippen molar-refractivity contribution < 1.29 is 24.2 Å². The van der Waals surface area contributed by atoms with Crippen molar-refractivity contribution in [3.05, 3.63) is 23.3 Å². The predicted molar refractivity (Wildman–Crippen MR) is 113 cm³/mol. The van der Waals surface area contributed by atoms with E-state index < -0.39 is 11.6 Å². The lowest BCUT2D eigenvalue weighted by Crippen LogP contribution is -2.47. The number of Topliss-reactive ketones (excluding diaryl/α,β-unsaturated/α-hetero) is 1. The summed E-state index contributed by atoms with van der Waals surface area (Å²) in [5.41, 5.74) is 1.59. The van der Waals surface area contributed by atoms with Crippen LogP contribution in [0.25, 0.3) is 0 Å². The Balaban J connectivity index is 1.59. The molecular formula is C24H33NO5. The number of hydrogen-bond acceptors (Lipinski definition) is 5. The SMILES string of the molecule is COc1cc2c(cc1OC(=O)NC(C)(C)CO)CCC1C2CCC2(C)C(=O)CCC12. The number of ether oxygens (including phenoxy) is 2. The van der Waals surface area contributed by atoms with Gasteiger partial charge in [-0.3, -0.25) is 4.79 Å². The van der Waals surface area contributed by atoms with Crippen molar-refractivity contribution in [3.8, 4) is 11.5 Å². The number of amides is 1. The van der Waals surface area contributed by atoms with E-state index >= 15 is 0 Å². The van der Waals surface area contributed by atoms with Crippen LogP contribution in [0.4, 0.5) is 4.79 Å². The molecule has 2 fully saturated rings. The number of aryl methyl sites for hydroxylation is 1. The molecule has 1 aromatic carbocycles. The summed E-state index contributed by atoms with van der Waals surface area (Å²) in [4.78, 5) is 24.8. The minimum atomic E-state index is -0.765. The first-order valence-electron chi connectivity index (χ1n) is 11.0. The standard InChI is InChI=1S/C24H33NO5/c1-23(2,13-26)25-22(28)30-20-11-14-5-6-16-15(17(14)12-19(20)29-4)9-10-24(3)18(16)7-8-21(24)27/h11-12,15-16,18,26H,5-10,13H2,1-4H3,(H,25,28). The molecule has 6 heteroatoms. The molecule has 1 aromatic rings. The molecule has 3 aliphatic carbocycles. The zero-order valence-corrected chi connectivity index (χ0v) is 18.4. The lowest BCUT2D eigenvalue weighted by atomic mass is 9.55. The average Bonchev–Trinajstić information content (AvgIpc) is 3.01. The number of hydrogen-bond donors (Lipinski definition) is 2. The molecule has 0 saturated heterocycles. The van der Waals surface area contributed by atoms with E-state index in [9.17, 15) is 14.7 Å². The Hall–Kier alpha value is -2.08. The Bertz CT molecular complexity index is 863. The zero-order chi connectivity index (χ0) is 21.7. The second kappa shape index (κ2) is 7.56. The Morgan fingerprint density at radius 2 is 2.00 bits per heavy atom. The third-order valence-electron chi connectivity index (χ3n) is 7.76. The minimum absolute atomic E-state index is 0.136. The van der Waals surface area contributed by atoms with E-state index in [1.54, 1.807) is 21.0 Å². The molecule has 0 aliphatic heterocycles. The predicted octanol–water partition coefficient (Wildman–Crippen LogP) is 3.98. The highest BCUT2D eigenvalue weighted by atomic mass is 16.6. The Labute approximate surface area is 178 Å².